The quantitative estimate of drug-likeness (QED) is 0.674. The van der Waals surface area contributed by atoms with E-state index < -0.39 is 0 Å². The van der Waals surface area contributed by atoms with Crippen LogP contribution in [0.15, 0.2) is 41.2 Å². The summed E-state index contributed by atoms with van der Waals surface area (Å²) in [6.45, 7) is 3.69. The van der Waals surface area contributed by atoms with Crippen LogP contribution < -0.4 is 10.4 Å². The maximum absolute atomic E-state index is 12.2. The van der Waals surface area contributed by atoms with Crippen molar-refractivity contribution in [2.75, 3.05) is 19.7 Å². The van der Waals surface area contributed by atoms with Gasteiger partial charge in [-0.15, -0.1) is 0 Å². The van der Waals surface area contributed by atoms with Crippen molar-refractivity contribution in [2.45, 2.75) is 19.5 Å². The highest BCUT2D eigenvalue weighted by Gasteiger charge is 2.19. The van der Waals surface area contributed by atoms with Crippen LogP contribution >= 0.6 is 11.6 Å². The summed E-state index contributed by atoms with van der Waals surface area (Å²) in [7, 11) is 0. The van der Waals surface area contributed by atoms with Gasteiger partial charge in [-0.2, -0.15) is 0 Å². The zero-order valence-corrected chi connectivity index (χ0v) is 15.0. The molecule has 0 atom stereocenters. The molecular formula is C19H20ClN3O3. The average molecular weight is 374 g/mol. The number of rotatable bonds is 5. The first-order chi connectivity index (χ1) is 12.6. The fourth-order valence-electron chi connectivity index (χ4n) is 3.46. The number of aromatic hydroxyl groups is 1. The van der Waals surface area contributed by atoms with E-state index in [0.717, 1.165) is 48.4 Å². The van der Waals surface area contributed by atoms with Crippen LogP contribution in [-0.2, 0) is 13.1 Å². The molecule has 0 fully saturated rings. The fraction of sp³-hybridized carbons (Fsp3) is 0.316. The molecule has 2 aromatic carbocycles. The summed E-state index contributed by atoms with van der Waals surface area (Å²) < 4.78 is 7.51. The predicted octanol–water partition coefficient (Wildman–Crippen LogP) is 2.97. The van der Waals surface area contributed by atoms with Crippen LogP contribution in [0.2, 0.25) is 5.02 Å². The van der Waals surface area contributed by atoms with Crippen molar-refractivity contribution in [1.82, 2.24) is 14.5 Å². The van der Waals surface area contributed by atoms with Gasteiger partial charge in [0.05, 0.1) is 17.6 Å². The first-order valence-corrected chi connectivity index (χ1v) is 9.03. The topological polar surface area (TPSA) is 70.5 Å². The minimum absolute atomic E-state index is 0.0824. The van der Waals surface area contributed by atoms with Crippen LogP contribution in [0, 0.1) is 0 Å². The van der Waals surface area contributed by atoms with Crippen LogP contribution in [0.25, 0.3) is 11.0 Å². The van der Waals surface area contributed by atoms with Crippen LogP contribution in [0.4, 0.5) is 0 Å². The van der Waals surface area contributed by atoms with Crippen LogP contribution in [0.3, 0.4) is 0 Å². The van der Waals surface area contributed by atoms with E-state index in [4.69, 9.17) is 16.3 Å². The van der Waals surface area contributed by atoms with E-state index in [9.17, 15) is 9.90 Å². The Kier molecular flexibility index (Phi) is 4.61. The largest absolute Gasteiger partial charge is 0.508 e. The summed E-state index contributed by atoms with van der Waals surface area (Å²) in [6, 6.07) is 10.5. The number of phenols is 1. The molecule has 6 nitrogen and oxygen atoms in total. The van der Waals surface area contributed by atoms with Crippen LogP contribution in [-0.4, -0.2) is 39.3 Å². The molecule has 26 heavy (non-hydrogen) atoms. The van der Waals surface area contributed by atoms with E-state index in [0.29, 0.717) is 18.2 Å². The first kappa shape index (κ1) is 17.0. The van der Waals surface area contributed by atoms with E-state index >= 15 is 0 Å². The van der Waals surface area contributed by atoms with E-state index in [2.05, 4.69) is 9.88 Å². The zero-order chi connectivity index (χ0) is 18.1. The number of halogens is 1. The molecule has 136 valence electrons. The van der Waals surface area contributed by atoms with Crippen LogP contribution in [0.1, 0.15) is 12.0 Å². The standard InChI is InChI=1S/C19H20ClN3O3/c20-14-10-13-12-22(6-1-9-26-16-4-2-15(24)3-5-16)7-8-23-18(13)17(11-14)21-19(23)25/h2-5,10-11,24H,1,6-9,12H2,(H,21,25). The van der Waals surface area contributed by atoms with Gasteiger partial charge in [-0.25, -0.2) is 4.79 Å². The van der Waals surface area contributed by atoms with Gasteiger partial charge in [0, 0.05) is 31.2 Å². The molecule has 2 N–H and O–H groups in total. The summed E-state index contributed by atoms with van der Waals surface area (Å²) in [5.41, 5.74) is 2.75. The van der Waals surface area contributed by atoms with Crippen molar-refractivity contribution >= 4 is 22.6 Å². The van der Waals surface area contributed by atoms with Crippen molar-refractivity contribution in [3.05, 3.63) is 57.5 Å². The molecule has 3 aromatic rings. The summed E-state index contributed by atoms with van der Waals surface area (Å²) in [5.74, 6) is 0.978. The summed E-state index contributed by atoms with van der Waals surface area (Å²) in [5, 5.41) is 9.92. The minimum atomic E-state index is -0.0824. The number of hydrogen-bond donors (Lipinski definition) is 2. The van der Waals surface area contributed by atoms with E-state index in [1.807, 2.05) is 6.07 Å². The maximum Gasteiger partial charge on any atom is 0.326 e. The van der Waals surface area contributed by atoms with E-state index in [-0.39, 0.29) is 11.4 Å². The Hall–Kier alpha value is -2.44. The number of ether oxygens (including phenoxy) is 1. The Labute approximate surface area is 155 Å². The van der Waals surface area contributed by atoms with Gasteiger partial charge < -0.3 is 14.8 Å². The maximum atomic E-state index is 12.2. The third-order valence-electron chi connectivity index (χ3n) is 4.67. The SMILES string of the molecule is O=c1[nH]c2cc(Cl)cc3c2n1CCN(CCCOc1ccc(O)cc1)C3. The monoisotopic (exact) mass is 373 g/mol. The Bertz CT molecular complexity index is 978. The predicted molar refractivity (Wildman–Crippen MR) is 101 cm³/mol. The third kappa shape index (κ3) is 3.43. The van der Waals surface area contributed by atoms with Gasteiger partial charge in [0.25, 0.3) is 0 Å². The molecule has 2 heterocycles. The van der Waals surface area contributed by atoms with Gasteiger partial charge >= 0.3 is 5.69 Å². The fourth-order valence-corrected chi connectivity index (χ4v) is 3.70. The zero-order valence-electron chi connectivity index (χ0n) is 14.2. The lowest BCUT2D eigenvalue weighted by Crippen LogP contribution is -2.29. The Morgan fingerprint density at radius 3 is 2.81 bits per heavy atom. The number of phenolic OH excluding ortho intramolecular Hbond substituents is 1. The minimum Gasteiger partial charge on any atom is -0.508 e. The first-order valence-electron chi connectivity index (χ1n) is 8.65. The molecule has 0 radical (unpaired) electrons. The number of imidazole rings is 1. The summed E-state index contributed by atoms with van der Waals surface area (Å²) in [4.78, 5) is 17.4. The number of aromatic amines is 1. The molecule has 0 saturated heterocycles. The lowest BCUT2D eigenvalue weighted by molar-refractivity contribution is 0.226. The Morgan fingerprint density at radius 1 is 1.19 bits per heavy atom. The molecule has 4 rings (SSSR count). The lowest BCUT2D eigenvalue weighted by Gasteiger charge is -2.20. The molecule has 7 heteroatoms. The molecule has 0 saturated carbocycles. The molecule has 0 unspecified atom stereocenters. The van der Waals surface area contributed by atoms with Crippen LogP contribution in [0.5, 0.6) is 11.5 Å². The summed E-state index contributed by atoms with van der Waals surface area (Å²) >= 11 is 6.21. The summed E-state index contributed by atoms with van der Waals surface area (Å²) in [6.07, 6.45) is 0.871. The highest BCUT2D eigenvalue weighted by Crippen LogP contribution is 2.25. The van der Waals surface area contributed by atoms with Gasteiger partial charge in [-0.1, -0.05) is 11.6 Å². The van der Waals surface area contributed by atoms with Gasteiger partial charge in [0.2, 0.25) is 0 Å². The molecule has 0 amide bonds. The van der Waals surface area contributed by atoms with E-state index in [1.54, 1.807) is 34.9 Å². The number of benzene rings is 2. The van der Waals surface area contributed by atoms with Gasteiger partial charge in [-0.3, -0.25) is 9.47 Å². The lowest BCUT2D eigenvalue weighted by atomic mass is 10.1. The highest BCUT2D eigenvalue weighted by atomic mass is 35.5. The molecule has 0 aliphatic carbocycles. The van der Waals surface area contributed by atoms with Crippen molar-refractivity contribution in [3.8, 4) is 11.5 Å². The molecule has 0 bridgehead atoms. The van der Waals surface area contributed by atoms with E-state index in [1.165, 1.54) is 0 Å². The number of nitrogens with one attached hydrogen (secondary N) is 1. The van der Waals surface area contributed by atoms with Crippen molar-refractivity contribution in [1.29, 1.82) is 0 Å². The second-order valence-electron chi connectivity index (χ2n) is 6.51. The normalized spacial score (nSPS) is 14.5. The second-order valence-corrected chi connectivity index (χ2v) is 6.95. The molecule has 1 aliphatic rings. The Morgan fingerprint density at radius 2 is 2.00 bits per heavy atom. The number of hydrogen-bond acceptors (Lipinski definition) is 4. The average Bonchev–Trinajstić information content (AvgIpc) is 2.80. The molecule has 1 aliphatic heterocycles. The molecular weight excluding hydrogens is 354 g/mol. The third-order valence-corrected chi connectivity index (χ3v) is 4.89. The molecule has 1 aromatic heterocycles. The van der Waals surface area contributed by atoms with Gasteiger partial charge in [-0.05, 0) is 48.4 Å². The van der Waals surface area contributed by atoms with Crippen molar-refractivity contribution in [2.24, 2.45) is 0 Å². The number of H-pyrrole nitrogens is 1. The van der Waals surface area contributed by atoms with Gasteiger partial charge in [0.15, 0.2) is 0 Å². The second kappa shape index (κ2) is 7.05. The highest BCUT2D eigenvalue weighted by molar-refractivity contribution is 6.31. The molecule has 0 spiro atoms. The van der Waals surface area contributed by atoms with Crippen molar-refractivity contribution < 1.29 is 9.84 Å². The van der Waals surface area contributed by atoms with Gasteiger partial charge in [0.1, 0.15) is 11.5 Å². The number of nitrogens with zero attached hydrogens (tertiary/aromatic N) is 2. The Balaban J connectivity index is 1.40. The number of aromatic nitrogens is 2. The van der Waals surface area contributed by atoms with Crippen molar-refractivity contribution in [3.63, 3.8) is 0 Å². The smallest absolute Gasteiger partial charge is 0.326 e.